The van der Waals surface area contributed by atoms with Crippen LogP contribution in [0.25, 0.3) is 0 Å². The normalized spacial score (nSPS) is 19.4. The number of ether oxygens (including phenoxy) is 2. The largest absolute Gasteiger partial charge is 0.472 e. The quantitative estimate of drug-likeness (QED) is 0.926. The molecule has 3 heterocycles. The molecule has 7 heteroatoms. The molecule has 0 saturated carbocycles. The molecule has 0 unspecified atom stereocenters. The smallest absolute Gasteiger partial charge is 0.213 e. The van der Waals surface area contributed by atoms with Crippen molar-refractivity contribution >= 4 is 0 Å². The van der Waals surface area contributed by atoms with Crippen LogP contribution in [0, 0.1) is 6.92 Å². The van der Waals surface area contributed by atoms with Crippen LogP contribution in [0.2, 0.25) is 0 Å². The van der Waals surface area contributed by atoms with Gasteiger partial charge in [0.15, 0.2) is 5.82 Å². The molecule has 0 amide bonds. The number of rotatable bonds is 4. The van der Waals surface area contributed by atoms with Crippen molar-refractivity contribution in [2.24, 2.45) is 0 Å². The summed E-state index contributed by atoms with van der Waals surface area (Å²) in [5.74, 6) is 2.18. The molecule has 0 spiro atoms. The first-order valence-corrected chi connectivity index (χ1v) is 8.27. The summed E-state index contributed by atoms with van der Waals surface area (Å²) in [6.07, 6.45) is -0.0993. The molecular formula is C17H25N5O2. The van der Waals surface area contributed by atoms with Gasteiger partial charge >= 0.3 is 0 Å². The van der Waals surface area contributed by atoms with Crippen LogP contribution in [-0.2, 0) is 11.3 Å². The van der Waals surface area contributed by atoms with Gasteiger partial charge in [-0.1, -0.05) is 6.07 Å². The van der Waals surface area contributed by atoms with Gasteiger partial charge in [-0.3, -0.25) is 10.00 Å². The number of aromatic nitrogens is 4. The molecule has 24 heavy (non-hydrogen) atoms. The van der Waals surface area contributed by atoms with Crippen molar-refractivity contribution in [2.75, 3.05) is 19.7 Å². The van der Waals surface area contributed by atoms with E-state index in [2.05, 4.69) is 25.1 Å². The van der Waals surface area contributed by atoms with E-state index in [0.717, 1.165) is 37.0 Å². The highest BCUT2D eigenvalue weighted by Gasteiger charge is 2.25. The fourth-order valence-electron chi connectivity index (χ4n) is 2.65. The average Bonchev–Trinajstić information content (AvgIpc) is 2.93. The lowest BCUT2D eigenvalue weighted by Gasteiger charge is -2.31. The molecular weight excluding hydrogens is 306 g/mol. The number of hydrogen-bond donors (Lipinski definition) is 1. The first-order chi connectivity index (χ1) is 11.4. The van der Waals surface area contributed by atoms with Crippen LogP contribution < -0.4 is 4.74 Å². The molecule has 7 nitrogen and oxygen atoms in total. The molecule has 0 aromatic carbocycles. The highest BCUT2D eigenvalue weighted by molar-refractivity contribution is 5.16. The minimum absolute atomic E-state index is 0.0993. The second-order valence-electron chi connectivity index (χ2n) is 7.06. The van der Waals surface area contributed by atoms with E-state index >= 15 is 0 Å². The van der Waals surface area contributed by atoms with Crippen molar-refractivity contribution in [3.63, 3.8) is 0 Å². The van der Waals surface area contributed by atoms with E-state index < -0.39 is 0 Å². The van der Waals surface area contributed by atoms with Crippen molar-refractivity contribution < 1.29 is 9.47 Å². The van der Waals surface area contributed by atoms with Crippen molar-refractivity contribution in [2.45, 2.75) is 45.9 Å². The molecule has 1 atom stereocenters. The first-order valence-electron chi connectivity index (χ1n) is 8.27. The van der Waals surface area contributed by atoms with Gasteiger partial charge in [0.05, 0.1) is 12.3 Å². The van der Waals surface area contributed by atoms with Gasteiger partial charge < -0.3 is 9.47 Å². The molecule has 1 fully saturated rings. The van der Waals surface area contributed by atoms with Gasteiger partial charge in [-0.05, 0) is 33.8 Å². The van der Waals surface area contributed by atoms with Crippen molar-refractivity contribution in [3.05, 3.63) is 35.5 Å². The Morgan fingerprint density at radius 1 is 1.33 bits per heavy atom. The Morgan fingerprint density at radius 2 is 2.17 bits per heavy atom. The maximum absolute atomic E-state index is 5.85. The molecule has 0 bridgehead atoms. The predicted octanol–water partition coefficient (Wildman–Crippen LogP) is 2.26. The number of H-pyrrole nitrogens is 1. The van der Waals surface area contributed by atoms with E-state index in [9.17, 15) is 0 Å². The summed E-state index contributed by atoms with van der Waals surface area (Å²) in [7, 11) is 0. The number of nitrogens with zero attached hydrogens (tertiary/aromatic N) is 4. The molecule has 2 aromatic rings. The van der Waals surface area contributed by atoms with Crippen molar-refractivity contribution in [1.82, 2.24) is 25.1 Å². The van der Waals surface area contributed by atoms with Crippen LogP contribution in [-0.4, -0.2) is 50.4 Å². The van der Waals surface area contributed by atoms with E-state index in [1.165, 1.54) is 0 Å². The Hall–Kier alpha value is -1.99. The standard InChI is InChI=1S/C17H25N5O2/c1-12-18-16(21-20-12)14-11-22(8-9-23-14)10-13-6-5-7-15(19-13)24-17(2,3)4/h5-7,14H,8-11H2,1-4H3,(H,18,20,21)/t14-/m1/s1. The summed E-state index contributed by atoms with van der Waals surface area (Å²) in [5.41, 5.74) is 0.739. The van der Waals surface area contributed by atoms with Gasteiger partial charge in [0.1, 0.15) is 17.5 Å². The van der Waals surface area contributed by atoms with Crippen LogP contribution in [0.1, 0.15) is 44.2 Å². The third-order valence-corrected chi connectivity index (χ3v) is 3.63. The molecule has 130 valence electrons. The van der Waals surface area contributed by atoms with Crippen LogP contribution in [0.5, 0.6) is 5.88 Å². The zero-order valence-electron chi connectivity index (χ0n) is 14.7. The zero-order chi connectivity index (χ0) is 17.2. The van der Waals surface area contributed by atoms with E-state index in [-0.39, 0.29) is 11.7 Å². The maximum atomic E-state index is 5.85. The van der Waals surface area contributed by atoms with Crippen LogP contribution in [0.15, 0.2) is 18.2 Å². The molecule has 0 aliphatic carbocycles. The Labute approximate surface area is 142 Å². The fraction of sp³-hybridized carbons (Fsp3) is 0.588. The highest BCUT2D eigenvalue weighted by atomic mass is 16.5. The lowest BCUT2D eigenvalue weighted by atomic mass is 10.2. The van der Waals surface area contributed by atoms with Crippen LogP contribution in [0.4, 0.5) is 0 Å². The third-order valence-electron chi connectivity index (χ3n) is 3.63. The Morgan fingerprint density at radius 3 is 2.88 bits per heavy atom. The predicted molar refractivity (Wildman–Crippen MR) is 89.7 cm³/mol. The van der Waals surface area contributed by atoms with Crippen molar-refractivity contribution in [3.8, 4) is 5.88 Å². The van der Waals surface area contributed by atoms with Gasteiger partial charge in [0.25, 0.3) is 0 Å². The van der Waals surface area contributed by atoms with Gasteiger partial charge in [-0.25, -0.2) is 9.97 Å². The number of morpholine rings is 1. The fourth-order valence-corrected chi connectivity index (χ4v) is 2.65. The van der Waals surface area contributed by atoms with Crippen molar-refractivity contribution in [1.29, 1.82) is 0 Å². The SMILES string of the molecule is Cc1nc([C@H]2CN(Cc3cccc(OC(C)(C)C)n3)CCO2)n[nH]1. The van der Waals surface area contributed by atoms with E-state index in [0.29, 0.717) is 12.5 Å². The van der Waals surface area contributed by atoms with Crippen LogP contribution in [0.3, 0.4) is 0 Å². The van der Waals surface area contributed by atoms with E-state index in [1.807, 2.05) is 45.9 Å². The lowest BCUT2D eigenvalue weighted by Crippen LogP contribution is -2.38. The molecule has 1 aliphatic rings. The average molecular weight is 331 g/mol. The molecule has 1 N–H and O–H groups in total. The number of aryl methyl sites for hydroxylation is 1. The summed E-state index contributed by atoms with van der Waals surface area (Å²) in [6, 6.07) is 5.91. The van der Waals surface area contributed by atoms with Gasteiger partial charge in [0, 0.05) is 25.7 Å². The lowest BCUT2D eigenvalue weighted by molar-refractivity contribution is -0.0374. The second kappa shape index (κ2) is 6.86. The number of aromatic amines is 1. The van der Waals surface area contributed by atoms with Gasteiger partial charge in [-0.2, -0.15) is 5.10 Å². The van der Waals surface area contributed by atoms with Crippen LogP contribution >= 0.6 is 0 Å². The number of pyridine rings is 1. The topological polar surface area (TPSA) is 76.2 Å². The summed E-state index contributed by atoms with van der Waals surface area (Å²) in [5, 5.41) is 7.08. The highest BCUT2D eigenvalue weighted by Crippen LogP contribution is 2.21. The summed E-state index contributed by atoms with van der Waals surface area (Å²) in [4.78, 5) is 11.3. The Balaban J connectivity index is 1.64. The molecule has 0 radical (unpaired) electrons. The minimum Gasteiger partial charge on any atom is -0.472 e. The third kappa shape index (κ3) is 4.52. The van der Waals surface area contributed by atoms with Gasteiger partial charge in [-0.15, -0.1) is 0 Å². The summed E-state index contributed by atoms with van der Waals surface area (Å²) in [6.45, 7) is 11.0. The summed E-state index contributed by atoms with van der Waals surface area (Å²) < 4.78 is 11.6. The Kier molecular flexibility index (Phi) is 4.82. The number of hydrogen-bond acceptors (Lipinski definition) is 6. The molecule has 3 rings (SSSR count). The monoisotopic (exact) mass is 331 g/mol. The minimum atomic E-state index is -0.251. The Bertz CT molecular complexity index is 680. The molecule has 1 saturated heterocycles. The molecule has 1 aliphatic heterocycles. The zero-order valence-corrected chi connectivity index (χ0v) is 14.7. The van der Waals surface area contributed by atoms with Gasteiger partial charge in [0.2, 0.25) is 5.88 Å². The van der Waals surface area contributed by atoms with E-state index in [1.54, 1.807) is 0 Å². The van der Waals surface area contributed by atoms with E-state index in [4.69, 9.17) is 9.47 Å². The second-order valence-corrected chi connectivity index (χ2v) is 7.06. The maximum Gasteiger partial charge on any atom is 0.213 e. The first kappa shape index (κ1) is 16.9. The summed E-state index contributed by atoms with van der Waals surface area (Å²) >= 11 is 0. The molecule has 2 aromatic heterocycles. The number of nitrogens with one attached hydrogen (secondary N) is 1.